The van der Waals surface area contributed by atoms with E-state index >= 15 is 0 Å². The molecule has 18 heavy (non-hydrogen) atoms. The first-order valence-electron chi connectivity index (χ1n) is 6.10. The molecule has 5 heteroatoms. The van der Waals surface area contributed by atoms with Crippen molar-refractivity contribution >= 4 is 27.5 Å². The maximum atomic E-state index is 11.9. The second-order valence-electron chi connectivity index (χ2n) is 4.48. The van der Waals surface area contributed by atoms with Crippen LogP contribution in [-0.4, -0.2) is 41.7 Å². The van der Waals surface area contributed by atoms with Crippen LogP contribution in [0.2, 0.25) is 0 Å². The highest BCUT2D eigenvalue weighted by Gasteiger charge is 2.25. The molecule has 1 amide bonds. The Bertz CT molecular complexity index is 425. The van der Waals surface area contributed by atoms with Crippen molar-refractivity contribution in [1.82, 2.24) is 4.90 Å². The molecule has 0 bridgehead atoms. The Kier molecular flexibility index (Phi) is 4.74. The van der Waals surface area contributed by atoms with Gasteiger partial charge in [0.2, 0.25) is 5.91 Å². The van der Waals surface area contributed by atoms with Gasteiger partial charge in [0, 0.05) is 10.5 Å². The van der Waals surface area contributed by atoms with Gasteiger partial charge in [-0.2, -0.15) is 0 Å². The highest BCUT2D eigenvalue weighted by molar-refractivity contribution is 9.10. The molecular weight excluding hydrogens is 296 g/mol. The molecular formula is C13H17BrN2O2. The summed E-state index contributed by atoms with van der Waals surface area (Å²) in [6.07, 6.45) is 2.02. The zero-order valence-corrected chi connectivity index (χ0v) is 11.7. The maximum Gasteiger partial charge on any atom is 0.238 e. The second kappa shape index (κ2) is 6.31. The van der Waals surface area contributed by atoms with Crippen molar-refractivity contribution < 1.29 is 9.90 Å². The van der Waals surface area contributed by atoms with Gasteiger partial charge in [0.1, 0.15) is 0 Å². The van der Waals surface area contributed by atoms with Crippen molar-refractivity contribution in [3.05, 3.63) is 28.7 Å². The smallest absolute Gasteiger partial charge is 0.238 e. The molecule has 2 rings (SSSR count). The number of aliphatic hydroxyl groups is 1. The molecule has 1 aromatic rings. The van der Waals surface area contributed by atoms with E-state index in [1.807, 2.05) is 29.2 Å². The summed E-state index contributed by atoms with van der Waals surface area (Å²) in [5, 5.41) is 12.1. The number of likely N-dealkylation sites (tertiary alicyclic amines) is 1. The van der Waals surface area contributed by atoms with Gasteiger partial charge in [-0.3, -0.25) is 9.69 Å². The highest BCUT2D eigenvalue weighted by atomic mass is 79.9. The summed E-state index contributed by atoms with van der Waals surface area (Å²) in [6.45, 7) is 1.35. The molecule has 1 atom stereocenters. The fraction of sp³-hybridized carbons (Fsp3) is 0.462. The zero-order chi connectivity index (χ0) is 13.0. The molecule has 0 saturated carbocycles. The number of nitrogens with zero attached hydrogens (tertiary/aromatic N) is 1. The van der Waals surface area contributed by atoms with Gasteiger partial charge in [-0.15, -0.1) is 0 Å². The van der Waals surface area contributed by atoms with Gasteiger partial charge >= 0.3 is 0 Å². The van der Waals surface area contributed by atoms with Crippen molar-refractivity contribution in [3.63, 3.8) is 0 Å². The average Bonchev–Trinajstić information content (AvgIpc) is 2.79. The highest BCUT2D eigenvalue weighted by Crippen LogP contribution is 2.21. The van der Waals surface area contributed by atoms with Gasteiger partial charge in [-0.1, -0.05) is 12.1 Å². The van der Waals surface area contributed by atoms with Crippen LogP contribution >= 0.6 is 15.9 Å². The van der Waals surface area contributed by atoms with E-state index in [0.29, 0.717) is 6.54 Å². The lowest BCUT2D eigenvalue weighted by molar-refractivity contribution is -0.117. The van der Waals surface area contributed by atoms with E-state index in [1.54, 1.807) is 0 Å². The van der Waals surface area contributed by atoms with Gasteiger partial charge in [0.15, 0.2) is 0 Å². The Balaban J connectivity index is 1.91. The predicted molar refractivity (Wildman–Crippen MR) is 74.5 cm³/mol. The SMILES string of the molecule is O=C(CN1CCC[C@H]1CO)Nc1ccccc1Br. The number of hydrogen-bond donors (Lipinski definition) is 2. The third-order valence-corrected chi connectivity index (χ3v) is 3.90. The summed E-state index contributed by atoms with van der Waals surface area (Å²) in [7, 11) is 0. The summed E-state index contributed by atoms with van der Waals surface area (Å²) in [6, 6.07) is 7.67. The molecule has 1 saturated heterocycles. The summed E-state index contributed by atoms with van der Waals surface area (Å²) < 4.78 is 0.874. The zero-order valence-electron chi connectivity index (χ0n) is 10.1. The van der Waals surface area contributed by atoms with Crippen molar-refractivity contribution in [2.75, 3.05) is 25.0 Å². The van der Waals surface area contributed by atoms with Crippen molar-refractivity contribution in [2.24, 2.45) is 0 Å². The quantitative estimate of drug-likeness (QED) is 0.892. The largest absolute Gasteiger partial charge is 0.395 e. The van der Waals surface area contributed by atoms with Gasteiger partial charge in [0.05, 0.1) is 18.8 Å². The van der Waals surface area contributed by atoms with Crippen LogP contribution in [0.15, 0.2) is 28.7 Å². The number of amides is 1. The third-order valence-electron chi connectivity index (χ3n) is 3.20. The van der Waals surface area contributed by atoms with E-state index in [0.717, 1.165) is 29.5 Å². The molecule has 1 aromatic carbocycles. The lowest BCUT2D eigenvalue weighted by atomic mass is 10.2. The van der Waals surface area contributed by atoms with E-state index in [4.69, 9.17) is 0 Å². The summed E-state index contributed by atoms with van der Waals surface area (Å²) in [4.78, 5) is 14.0. The molecule has 98 valence electrons. The molecule has 0 aromatic heterocycles. The Morgan fingerprint density at radius 2 is 2.28 bits per heavy atom. The maximum absolute atomic E-state index is 11.9. The van der Waals surface area contributed by atoms with Crippen LogP contribution in [0.25, 0.3) is 0 Å². The standard InChI is InChI=1S/C13H17BrN2O2/c14-11-5-1-2-6-12(11)15-13(18)8-16-7-3-4-10(16)9-17/h1-2,5-6,10,17H,3-4,7-9H2,(H,15,18)/t10-/m0/s1. The minimum Gasteiger partial charge on any atom is -0.395 e. The van der Waals surface area contributed by atoms with E-state index in [2.05, 4.69) is 21.2 Å². The fourth-order valence-electron chi connectivity index (χ4n) is 2.25. The Morgan fingerprint density at radius 3 is 3.00 bits per heavy atom. The first-order valence-corrected chi connectivity index (χ1v) is 6.89. The Hall–Kier alpha value is -0.910. The van der Waals surface area contributed by atoms with E-state index in [1.165, 1.54) is 0 Å². The number of benzene rings is 1. The van der Waals surface area contributed by atoms with Crippen LogP contribution in [0, 0.1) is 0 Å². The lowest BCUT2D eigenvalue weighted by Crippen LogP contribution is -2.38. The number of nitrogens with one attached hydrogen (secondary N) is 1. The van der Waals surface area contributed by atoms with E-state index < -0.39 is 0 Å². The first kappa shape index (κ1) is 13.5. The number of halogens is 1. The molecule has 0 spiro atoms. The minimum absolute atomic E-state index is 0.0396. The van der Waals surface area contributed by atoms with Gasteiger partial charge in [-0.25, -0.2) is 0 Å². The van der Waals surface area contributed by atoms with Crippen molar-refractivity contribution in [3.8, 4) is 0 Å². The Labute approximate surface area is 115 Å². The van der Waals surface area contributed by atoms with Gasteiger partial charge < -0.3 is 10.4 Å². The predicted octanol–water partition coefficient (Wildman–Crippen LogP) is 1.84. The van der Waals surface area contributed by atoms with E-state index in [-0.39, 0.29) is 18.6 Å². The Morgan fingerprint density at radius 1 is 1.50 bits per heavy atom. The number of rotatable bonds is 4. The summed E-state index contributed by atoms with van der Waals surface area (Å²) in [5.41, 5.74) is 0.780. The average molecular weight is 313 g/mol. The van der Waals surface area contributed by atoms with Crippen molar-refractivity contribution in [2.45, 2.75) is 18.9 Å². The van der Waals surface area contributed by atoms with E-state index in [9.17, 15) is 9.90 Å². The molecule has 4 nitrogen and oxygen atoms in total. The third kappa shape index (κ3) is 3.31. The molecule has 1 aliphatic heterocycles. The molecule has 1 fully saturated rings. The number of carbonyl (C=O) groups excluding carboxylic acids is 1. The molecule has 0 unspecified atom stereocenters. The van der Waals surface area contributed by atoms with Gasteiger partial charge in [-0.05, 0) is 47.4 Å². The first-order chi connectivity index (χ1) is 8.70. The van der Waals surface area contributed by atoms with Gasteiger partial charge in [0.25, 0.3) is 0 Å². The normalized spacial score (nSPS) is 20.0. The monoisotopic (exact) mass is 312 g/mol. The van der Waals surface area contributed by atoms with Crippen LogP contribution < -0.4 is 5.32 Å². The lowest BCUT2D eigenvalue weighted by Gasteiger charge is -2.21. The van der Waals surface area contributed by atoms with Crippen LogP contribution in [0.4, 0.5) is 5.69 Å². The molecule has 2 N–H and O–H groups in total. The number of para-hydroxylation sites is 1. The minimum atomic E-state index is -0.0396. The number of aliphatic hydroxyl groups excluding tert-OH is 1. The summed E-state index contributed by atoms with van der Waals surface area (Å²) in [5.74, 6) is -0.0396. The topological polar surface area (TPSA) is 52.6 Å². The van der Waals surface area contributed by atoms with Crippen LogP contribution in [0.5, 0.6) is 0 Å². The van der Waals surface area contributed by atoms with Crippen LogP contribution in [-0.2, 0) is 4.79 Å². The summed E-state index contributed by atoms with van der Waals surface area (Å²) >= 11 is 3.39. The number of carbonyl (C=O) groups is 1. The number of hydrogen-bond acceptors (Lipinski definition) is 3. The molecule has 1 aliphatic rings. The molecule has 0 aliphatic carbocycles. The second-order valence-corrected chi connectivity index (χ2v) is 5.33. The van der Waals surface area contributed by atoms with Crippen molar-refractivity contribution in [1.29, 1.82) is 0 Å². The van der Waals surface area contributed by atoms with Crippen LogP contribution in [0.1, 0.15) is 12.8 Å². The number of anilines is 1. The molecule has 1 heterocycles. The molecule has 0 radical (unpaired) electrons. The fourth-order valence-corrected chi connectivity index (χ4v) is 2.63. The van der Waals surface area contributed by atoms with Crippen LogP contribution in [0.3, 0.4) is 0 Å².